The van der Waals surface area contributed by atoms with E-state index in [0.717, 1.165) is 22.3 Å². The van der Waals surface area contributed by atoms with Crippen LogP contribution in [0.15, 0.2) is 29.4 Å². The van der Waals surface area contributed by atoms with E-state index in [1.165, 1.54) is 12.8 Å². The molecule has 2 aromatic rings. The second-order valence-electron chi connectivity index (χ2n) is 4.05. The van der Waals surface area contributed by atoms with Crippen molar-refractivity contribution in [3.63, 3.8) is 0 Å². The molecule has 1 aromatic heterocycles. The van der Waals surface area contributed by atoms with Gasteiger partial charge in [-0.25, -0.2) is 0 Å². The van der Waals surface area contributed by atoms with Crippen LogP contribution in [-0.4, -0.2) is 20.5 Å². The van der Waals surface area contributed by atoms with Crippen molar-refractivity contribution in [1.82, 2.24) is 14.8 Å². The smallest absolute Gasteiger partial charge is 0.191 e. The van der Waals surface area contributed by atoms with E-state index < -0.39 is 0 Å². The minimum absolute atomic E-state index is 0.707. The van der Waals surface area contributed by atoms with Crippen LogP contribution in [0.4, 0.5) is 0 Å². The van der Waals surface area contributed by atoms with Crippen LogP contribution >= 0.6 is 23.4 Å². The summed E-state index contributed by atoms with van der Waals surface area (Å²) in [6.45, 7) is 2.19. The summed E-state index contributed by atoms with van der Waals surface area (Å²) >= 11 is 7.92. The van der Waals surface area contributed by atoms with Crippen molar-refractivity contribution in [1.29, 1.82) is 0 Å². The van der Waals surface area contributed by atoms with Crippen LogP contribution < -0.4 is 0 Å². The minimum Gasteiger partial charge on any atom is -0.305 e. The first-order valence-electron chi connectivity index (χ1n) is 6.01. The van der Waals surface area contributed by atoms with Gasteiger partial charge >= 0.3 is 0 Å². The van der Waals surface area contributed by atoms with Gasteiger partial charge in [0.15, 0.2) is 11.0 Å². The number of unbranched alkanes of at least 4 members (excludes halogenated alkanes) is 1. The second kappa shape index (κ2) is 6.25. The summed E-state index contributed by atoms with van der Waals surface area (Å²) in [5.41, 5.74) is 0.927. The molecule has 3 nitrogen and oxygen atoms in total. The number of aromatic nitrogens is 3. The molecule has 5 heteroatoms. The summed E-state index contributed by atoms with van der Waals surface area (Å²) in [7, 11) is 1.98. The lowest BCUT2D eigenvalue weighted by Crippen LogP contribution is -1.95. The van der Waals surface area contributed by atoms with E-state index >= 15 is 0 Å². The third-order valence-corrected chi connectivity index (χ3v) is 4.11. The molecule has 0 bridgehead atoms. The number of nitrogens with zero attached hydrogens (tertiary/aromatic N) is 3. The molecule has 0 amide bonds. The van der Waals surface area contributed by atoms with Crippen molar-refractivity contribution in [2.45, 2.75) is 24.9 Å². The van der Waals surface area contributed by atoms with Gasteiger partial charge < -0.3 is 4.57 Å². The molecule has 96 valence electrons. The Labute approximate surface area is 117 Å². The molecule has 0 aliphatic rings. The highest BCUT2D eigenvalue weighted by atomic mass is 35.5. The maximum atomic E-state index is 6.18. The maximum Gasteiger partial charge on any atom is 0.191 e. The zero-order valence-corrected chi connectivity index (χ0v) is 12.1. The van der Waals surface area contributed by atoms with Gasteiger partial charge in [-0.05, 0) is 18.6 Å². The standard InChI is InChI=1S/C13H16ClN3S/c1-3-4-9-18-13-16-15-12(17(13)2)10-7-5-6-8-11(10)14/h5-8H,3-4,9H2,1-2H3. The Balaban J connectivity index is 2.23. The molecule has 0 atom stereocenters. The lowest BCUT2D eigenvalue weighted by atomic mass is 10.2. The Morgan fingerprint density at radius 3 is 2.78 bits per heavy atom. The van der Waals surface area contributed by atoms with Crippen LogP contribution in [0.1, 0.15) is 19.8 Å². The molecular formula is C13H16ClN3S. The summed E-state index contributed by atoms with van der Waals surface area (Å²) in [6.07, 6.45) is 2.39. The summed E-state index contributed by atoms with van der Waals surface area (Å²) < 4.78 is 2.00. The minimum atomic E-state index is 0.707. The predicted octanol–water partition coefficient (Wildman–Crippen LogP) is 4.03. The zero-order valence-electron chi connectivity index (χ0n) is 10.6. The van der Waals surface area contributed by atoms with Gasteiger partial charge in [-0.15, -0.1) is 10.2 Å². The molecule has 2 rings (SSSR count). The Bertz CT molecular complexity index is 525. The molecule has 0 radical (unpaired) electrons. The molecule has 18 heavy (non-hydrogen) atoms. The van der Waals surface area contributed by atoms with Gasteiger partial charge in [0.1, 0.15) is 0 Å². The number of thioether (sulfide) groups is 1. The Morgan fingerprint density at radius 1 is 1.28 bits per heavy atom. The quantitative estimate of drug-likeness (QED) is 0.612. The average molecular weight is 282 g/mol. The fraction of sp³-hybridized carbons (Fsp3) is 0.385. The van der Waals surface area contributed by atoms with Crippen molar-refractivity contribution < 1.29 is 0 Å². The highest BCUT2D eigenvalue weighted by Crippen LogP contribution is 2.28. The van der Waals surface area contributed by atoms with Crippen LogP contribution in [0, 0.1) is 0 Å². The van der Waals surface area contributed by atoms with Crippen LogP contribution in [0.3, 0.4) is 0 Å². The van der Waals surface area contributed by atoms with Gasteiger partial charge in [-0.3, -0.25) is 0 Å². The molecule has 0 saturated heterocycles. The summed E-state index contributed by atoms with van der Waals surface area (Å²) in [5.74, 6) is 1.89. The fourth-order valence-electron chi connectivity index (χ4n) is 1.63. The maximum absolute atomic E-state index is 6.18. The molecule has 0 spiro atoms. The third-order valence-electron chi connectivity index (χ3n) is 2.68. The van der Waals surface area contributed by atoms with Crippen LogP contribution in [-0.2, 0) is 7.05 Å². The second-order valence-corrected chi connectivity index (χ2v) is 5.52. The van der Waals surface area contributed by atoms with E-state index in [1.807, 2.05) is 35.9 Å². The largest absolute Gasteiger partial charge is 0.305 e. The van der Waals surface area contributed by atoms with E-state index in [1.54, 1.807) is 11.8 Å². The van der Waals surface area contributed by atoms with Crippen molar-refractivity contribution in [3.05, 3.63) is 29.3 Å². The topological polar surface area (TPSA) is 30.7 Å². The van der Waals surface area contributed by atoms with E-state index in [0.29, 0.717) is 5.02 Å². The van der Waals surface area contributed by atoms with E-state index in [4.69, 9.17) is 11.6 Å². The van der Waals surface area contributed by atoms with Gasteiger partial charge in [-0.2, -0.15) is 0 Å². The monoisotopic (exact) mass is 281 g/mol. The van der Waals surface area contributed by atoms with Crippen LogP contribution in [0.2, 0.25) is 5.02 Å². The highest BCUT2D eigenvalue weighted by Gasteiger charge is 2.12. The molecular weight excluding hydrogens is 266 g/mol. The molecule has 0 unspecified atom stereocenters. The Hall–Kier alpha value is -1.00. The molecule has 0 saturated carbocycles. The SMILES string of the molecule is CCCCSc1nnc(-c2ccccc2Cl)n1C. The average Bonchev–Trinajstić information content (AvgIpc) is 2.72. The number of benzene rings is 1. The Morgan fingerprint density at radius 2 is 2.06 bits per heavy atom. The summed E-state index contributed by atoms with van der Waals surface area (Å²) in [6, 6.07) is 7.71. The van der Waals surface area contributed by atoms with Crippen molar-refractivity contribution in [2.24, 2.45) is 7.05 Å². The summed E-state index contributed by atoms with van der Waals surface area (Å²) in [4.78, 5) is 0. The fourth-order valence-corrected chi connectivity index (χ4v) is 2.84. The summed E-state index contributed by atoms with van der Waals surface area (Å²) in [5, 5.41) is 10.1. The molecule has 1 aromatic carbocycles. The van der Waals surface area contributed by atoms with Gasteiger partial charge in [0, 0.05) is 18.4 Å². The van der Waals surface area contributed by atoms with Crippen LogP contribution in [0.5, 0.6) is 0 Å². The van der Waals surface area contributed by atoms with Crippen LogP contribution in [0.25, 0.3) is 11.4 Å². The number of hydrogen-bond donors (Lipinski definition) is 0. The zero-order chi connectivity index (χ0) is 13.0. The first-order valence-corrected chi connectivity index (χ1v) is 7.37. The van der Waals surface area contributed by atoms with Crippen molar-refractivity contribution in [2.75, 3.05) is 5.75 Å². The number of hydrogen-bond acceptors (Lipinski definition) is 3. The predicted molar refractivity (Wildman–Crippen MR) is 77.1 cm³/mol. The van der Waals surface area contributed by atoms with Gasteiger partial charge in [0.2, 0.25) is 0 Å². The van der Waals surface area contributed by atoms with Gasteiger partial charge in [-0.1, -0.05) is 48.8 Å². The lowest BCUT2D eigenvalue weighted by Gasteiger charge is -2.04. The first-order chi connectivity index (χ1) is 8.74. The molecule has 1 heterocycles. The van der Waals surface area contributed by atoms with E-state index in [2.05, 4.69) is 17.1 Å². The third kappa shape index (κ3) is 2.87. The van der Waals surface area contributed by atoms with Gasteiger partial charge in [0.25, 0.3) is 0 Å². The van der Waals surface area contributed by atoms with E-state index in [-0.39, 0.29) is 0 Å². The molecule has 0 fully saturated rings. The van der Waals surface area contributed by atoms with Crippen molar-refractivity contribution in [3.8, 4) is 11.4 Å². The van der Waals surface area contributed by atoms with Crippen molar-refractivity contribution >= 4 is 23.4 Å². The molecule has 0 aliphatic carbocycles. The van der Waals surface area contributed by atoms with E-state index in [9.17, 15) is 0 Å². The lowest BCUT2D eigenvalue weighted by molar-refractivity contribution is 0.790. The van der Waals surface area contributed by atoms with Gasteiger partial charge in [0.05, 0.1) is 5.02 Å². The number of rotatable bonds is 5. The number of halogens is 1. The first kappa shape index (κ1) is 13.4. The normalized spacial score (nSPS) is 10.8. The Kier molecular flexibility index (Phi) is 4.66. The molecule has 0 aliphatic heterocycles. The molecule has 0 N–H and O–H groups in total. The highest BCUT2D eigenvalue weighted by molar-refractivity contribution is 7.99.